The largest absolute Gasteiger partial charge is 0.399 e. The van der Waals surface area contributed by atoms with Gasteiger partial charge in [0.05, 0.1) is 16.2 Å². The van der Waals surface area contributed by atoms with Gasteiger partial charge in [0.25, 0.3) is 0 Å². The molecule has 5 nitrogen and oxygen atoms in total. The lowest BCUT2D eigenvalue weighted by atomic mass is 9.87. The molecule has 1 rings (SSSR count). The first kappa shape index (κ1) is 16.2. The van der Waals surface area contributed by atoms with E-state index in [0.717, 1.165) is 0 Å². The number of anilines is 1. The van der Waals surface area contributed by atoms with E-state index >= 15 is 0 Å². The van der Waals surface area contributed by atoms with Gasteiger partial charge >= 0.3 is 0 Å². The second kappa shape index (κ2) is 4.94. The zero-order valence-corrected chi connectivity index (χ0v) is 12.9. The van der Waals surface area contributed by atoms with Crippen molar-refractivity contribution in [2.24, 2.45) is 0 Å². The smallest absolute Gasteiger partial charge is 0.242 e. The third-order valence-corrected chi connectivity index (χ3v) is 5.30. The maximum atomic E-state index is 12.3. The lowest BCUT2D eigenvalue weighted by molar-refractivity contribution is 0.00639. The molecule has 0 atom stereocenters. The van der Waals surface area contributed by atoms with Crippen molar-refractivity contribution in [3.05, 3.63) is 23.2 Å². The minimum absolute atomic E-state index is 0.0771. The van der Waals surface area contributed by atoms with Crippen molar-refractivity contribution in [2.75, 3.05) is 5.73 Å². The number of hydrogen-bond donors (Lipinski definition) is 3. The van der Waals surface area contributed by atoms with Crippen LogP contribution in [0.5, 0.6) is 0 Å². The molecule has 0 aliphatic carbocycles. The summed E-state index contributed by atoms with van der Waals surface area (Å²) in [6, 6.07) is 4.22. The van der Waals surface area contributed by atoms with Crippen LogP contribution in [0.3, 0.4) is 0 Å². The van der Waals surface area contributed by atoms with Crippen LogP contribution in [0.25, 0.3) is 0 Å². The van der Waals surface area contributed by atoms with Gasteiger partial charge in [-0.2, -0.15) is 0 Å². The van der Waals surface area contributed by atoms with E-state index in [0.29, 0.717) is 5.69 Å². The van der Waals surface area contributed by atoms with Crippen LogP contribution in [-0.4, -0.2) is 24.7 Å². The molecule has 4 N–H and O–H groups in total. The molecule has 0 bridgehead atoms. The molecule has 108 valence electrons. The molecule has 0 heterocycles. The fraction of sp³-hybridized carbons (Fsp3) is 0.500. The number of halogens is 1. The molecule has 1 aromatic rings. The Labute approximate surface area is 118 Å². The molecule has 0 aliphatic heterocycles. The van der Waals surface area contributed by atoms with Gasteiger partial charge in [0.2, 0.25) is 10.0 Å². The van der Waals surface area contributed by atoms with E-state index in [1.165, 1.54) is 32.0 Å². The second-order valence-corrected chi connectivity index (χ2v) is 7.54. The molecule has 0 spiro atoms. The van der Waals surface area contributed by atoms with Crippen LogP contribution in [0.2, 0.25) is 5.02 Å². The quantitative estimate of drug-likeness (QED) is 0.739. The van der Waals surface area contributed by atoms with Gasteiger partial charge in [-0.1, -0.05) is 11.6 Å². The van der Waals surface area contributed by atoms with E-state index in [9.17, 15) is 13.5 Å². The maximum Gasteiger partial charge on any atom is 0.242 e. The van der Waals surface area contributed by atoms with Crippen molar-refractivity contribution in [3.63, 3.8) is 0 Å². The Kier molecular flexibility index (Phi) is 4.22. The number of rotatable bonds is 4. The van der Waals surface area contributed by atoms with Crippen LogP contribution in [0.15, 0.2) is 23.1 Å². The van der Waals surface area contributed by atoms with E-state index in [-0.39, 0.29) is 9.92 Å². The summed E-state index contributed by atoms with van der Waals surface area (Å²) in [5, 5.41) is 10.1. The molecule has 0 saturated heterocycles. The Bertz CT molecular complexity index is 577. The number of hydrogen-bond acceptors (Lipinski definition) is 4. The Morgan fingerprint density at radius 1 is 1.26 bits per heavy atom. The van der Waals surface area contributed by atoms with E-state index in [4.69, 9.17) is 17.3 Å². The average Bonchev–Trinajstić information content (AvgIpc) is 2.18. The third-order valence-electron chi connectivity index (χ3n) is 3.16. The van der Waals surface area contributed by atoms with Crippen molar-refractivity contribution in [1.29, 1.82) is 0 Å². The highest BCUT2D eigenvalue weighted by Crippen LogP contribution is 2.27. The van der Waals surface area contributed by atoms with Gasteiger partial charge < -0.3 is 10.8 Å². The van der Waals surface area contributed by atoms with Crippen LogP contribution in [0.1, 0.15) is 27.7 Å². The summed E-state index contributed by atoms with van der Waals surface area (Å²) in [7, 11) is -3.88. The maximum absolute atomic E-state index is 12.3. The van der Waals surface area contributed by atoms with Crippen LogP contribution in [-0.2, 0) is 10.0 Å². The summed E-state index contributed by atoms with van der Waals surface area (Å²) in [5.74, 6) is 0. The summed E-state index contributed by atoms with van der Waals surface area (Å²) in [6.45, 7) is 6.22. The second-order valence-electron chi connectivity index (χ2n) is 5.48. The molecule has 7 heteroatoms. The molecule has 19 heavy (non-hydrogen) atoms. The molecular weight excluding hydrogens is 288 g/mol. The standard InChI is InChI=1S/C12H19ClN2O3S/c1-11(2,12(3,4)16)15-19(17,18)10-7-8(14)5-6-9(10)13/h5-7,15-16H,14H2,1-4H3. The van der Waals surface area contributed by atoms with E-state index < -0.39 is 21.2 Å². The molecule has 0 aliphatic rings. The molecular formula is C12H19ClN2O3S. The van der Waals surface area contributed by atoms with E-state index in [2.05, 4.69) is 4.72 Å². The minimum Gasteiger partial charge on any atom is -0.399 e. The lowest BCUT2D eigenvalue weighted by Gasteiger charge is -2.37. The first-order valence-electron chi connectivity index (χ1n) is 5.68. The normalized spacial score (nSPS) is 13.6. The van der Waals surface area contributed by atoms with Gasteiger partial charge in [-0.25, -0.2) is 13.1 Å². The number of sulfonamides is 1. The fourth-order valence-corrected chi connectivity index (χ4v) is 3.31. The molecule has 0 saturated carbocycles. The Morgan fingerprint density at radius 3 is 2.26 bits per heavy atom. The van der Waals surface area contributed by atoms with Gasteiger partial charge in [0, 0.05) is 5.69 Å². The van der Waals surface area contributed by atoms with Crippen LogP contribution >= 0.6 is 11.6 Å². The zero-order valence-electron chi connectivity index (χ0n) is 11.4. The van der Waals surface area contributed by atoms with Gasteiger partial charge in [-0.05, 0) is 45.9 Å². The number of nitrogens with two attached hydrogens (primary N) is 1. The predicted octanol–water partition coefficient (Wildman–Crippen LogP) is 1.75. The summed E-state index contributed by atoms with van der Waals surface area (Å²) in [6.07, 6.45) is 0. The SMILES string of the molecule is CC(C)(O)C(C)(C)NS(=O)(=O)c1cc(N)ccc1Cl. The number of aliphatic hydroxyl groups is 1. The van der Waals surface area contributed by atoms with E-state index in [1.807, 2.05) is 0 Å². The molecule has 1 aromatic carbocycles. The topological polar surface area (TPSA) is 92.4 Å². The van der Waals surface area contributed by atoms with E-state index in [1.54, 1.807) is 13.8 Å². The molecule has 0 radical (unpaired) electrons. The molecule has 0 unspecified atom stereocenters. The van der Waals surface area contributed by atoms with Gasteiger partial charge in [-0.3, -0.25) is 0 Å². The molecule has 0 aromatic heterocycles. The summed E-state index contributed by atoms with van der Waals surface area (Å²) >= 11 is 5.89. The zero-order chi connectivity index (χ0) is 15.1. The first-order valence-corrected chi connectivity index (χ1v) is 7.54. The van der Waals surface area contributed by atoms with Crippen molar-refractivity contribution < 1.29 is 13.5 Å². The lowest BCUT2D eigenvalue weighted by Crippen LogP contribution is -2.57. The monoisotopic (exact) mass is 306 g/mol. The minimum atomic E-state index is -3.88. The van der Waals surface area contributed by atoms with Crippen LogP contribution in [0, 0.1) is 0 Å². The number of nitrogen functional groups attached to an aromatic ring is 1. The summed E-state index contributed by atoms with van der Waals surface area (Å²) < 4.78 is 27.0. The number of nitrogens with one attached hydrogen (secondary N) is 1. The average molecular weight is 307 g/mol. The highest BCUT2D eigenvalue weighted by Gasteiger charge is 2.39. The van der Waals surface area contributed by atoms with Crippen molar-refractivity contribution >= 4 is 27.3 Å². The van der Waals surface area contributed by atoms with Crippen molar-refractivity contribution in [1.82, 2.24) is 4.72 Å². The predicted molar refractivity (Wildman–Crippen MR) is 76.6 cm³/mol. The summed E-state index contributed by atoms with van der Waals surface area (Å²) in [4.78, 5) is -0.105. The van der Waals surface area contributed by atoms with Gasteiger partial charge in [0.15, 0.2) is 0 Å². The Hall–Kier alpha value is -0.820. The first-order chi connectivity index (χ1) is 8.37. The number of benzene rings is 1. The fourth-order valence-electron chi connectivity index (χ4n) is 1.24. The van der Waals surface area contributed by atoms with Crippen molar-refractivity contribution in [2.45, 2.75) is 43.7 Å². The van der Waals surface area contributed by atoms with Crippen LogP contribution < -0.4 is 10.5 Å². The Balaban J connectivity index is 3.23. The molecule has 0 fully saturated rings. The third kappa shape index (κ3) is 3.60. The van der Waals surface area contributed by atoms with Crippen molar-refractivity contribution in [3.8, 4) is 0 Å². The molecule has 0 amide bonds. The van der Waals surface area contributed by atoms with Crippen LogP contribution in [0.4, 0.5) is 5.69 Å². The summed E-state index contributed by atoms with van der Waals surface area (Å²) in [5.41, 5.74) is 3.56. The van der Waals surface area contributed by atoms with Gasteiger partial charge in [0.1, 0.15) is 4.90 Å². The highest BCUT2D eigenvalue weighted by atomic mass is 35.5. The van der Waals surface area contributed by atoms with Gasteiger partial charge in [-0.15, -0.1) is 0 Å². The Morgan fingerprint density at radius 2 is 1.79 bits per heavy atom. The highest BCUT2D eigenvalue weighted by molar-refractivity contribution is 7.89.